The molecular weight excluding hydrogens is 342 g/mol. The molecule has 0 atom stereocenters. The number of hydrogen-bond acceptors (Lipinski definition) is 6. The van der Waals surface area contributed by atoms with E-state index < -0.39 is 16.4 Å². The van der Waals surface area contributed by atoms with Gasteiger partial charge in [0.15, 0.2) is 5.75 Å². The van der Waals surface area contributed by atoms with Crippen LogP contribution in [0, 0.1) is 10.1 Å². The number of nitrogens with zero attached hydrogens (tertiary/aromatic N) is 2. The van der Waals surface area contributed by atoms with Gasteiger partial charge in [-0.2, -0.15) is 5.10 Å². The zero-order valence-electron chi connectivity index (χ0n) is 13.4. The largest absolute Gasteiger partial charge is 0.502 e. The molecule has 0 radical (unpaired) electrons. The van der Waals surface area contributed by atoms with Crippen molar-refractivity contribution in [2.45, 2.75) is 32.1 Å². The third kappa shape index (κ3) is 4.03. The zero-order valence-corrected chi connectivity index (χ0v) is 14.2. The second-order valence-corrected chi connectivity index (χ2v) is 6.96. The molecule has 1 amide bonds. The lowest BCUT2D eigenvalue weighted by Gasteiger charge is -1.98. The fraction of sp³-hybridized carbons (Fsp3) is 0.294. The van der Waals surface area contributed by atoms with E-state index in [1.165, 1.54) is 52.6 Å². The number of phenolic OH excluding ortho intramolecular Hbond substituents is 1. The molecule has 2 N–H and O–H groups in total. The summed E-state index contributed by atoms with van der Waals surface area (Å²) >= 11 is 1.50. The number of carbonyl (C=O) groups excluding carboxylic acids is 1. The van der Waals surface area contributed by atoms with Gasteiger partial charge >= 0.3 is 5.69 Å². The highest BCUT2D eigenvalue weighted by molar-refractivity contribution is 7.14. The van der Waals surface area contributed by atoms with E-state index in [0.717, 1.165) is 25.7 Å². The summed E-state index contributed by atoms with van der Waals surface area (Å²) in [5.41, 5.74) is 3.70. The number of carbonyl (C=O) groups is 1. The molecule has 0 saturated heterocycles. The van der Waals surface area contributed by atoms with E-state index in [-0.39, 0.29) is 5.91 Å². The Labute approximate surface area is 148 Å². The Balaban J connectivity index is 1.67. The van der Waals surface area contributed by atoms with Gasteiger partial charge in [0, 0.05) is 16.5 Å². The molecule has 1 aliphatic carbocycles. The molecule has 1 aliphatic rings. The first-order valence-electron chi connectivity index (χ1n) is 7.97. The predicted molar refractivity (Wildman–Crippen MR) is 95.4 cm³/mol. The van der Waals surface area contributed by atoms with E-state index >= 15 is 0 Å². The Bertz CT molecular complexity index is 821. The third-order valence-corrected chi connectivity index (χ3v) is 5.28. The van der Waals surface area contributed by atoms with Gasteiger partial charge in [-0.25, -0.2) is 5.43 Å². The summed E-state index contributed by atoms with van der Waals surface area (Å²) in [5.74, 6) is -0.700. The second-order valence-electron chi connectivity index (χ2n) is 5.82. The summed E-state index contributed by atoms with van der Waals surface area (Å²) in [6, 6.07) is 5.82. The minimum absolute atomic E-state index is 0.289. The van der Waals surface area contributed by atoms with Gasteiger partial charge in [0.1, 0.15) is 0 Å². The standard InChI is InChI=1S/C17H17N3O4S/c21-14-7-6-11(8-13(14)20(23)24)10-18-19-17(22)16-9-12-4-2-1-3-5-15(12)25-16/h6-10,21H,1-5H2,(H,19,22)/b18-10-. The number of aryl methyl sites for hydroxylation is 2. The summed E-state index contributed by atoms with van der Waals surface area (Å²) in [6.07, 6.45) is 6.89. The van der Waals surface area contributed by atoms with Gasteiger partial charge in [-0.1, -0.05) is 6.42 Å². The number of thiophene rings is 1. The number of phenols is 1. The molecule has 3 rings (SSSR count). The number of hydrazone groups is 1. The lowest BCUT2D eigenvalue weighted by atomic mass is 10.1. The first-order chi connectivity index (χ1) is 12.0. The van der Waals surface area contributed by atoms with Gasteiger partial charge in [0.25, 0.3) is 5.91 Å². The SMILES string of the molecule is O=C(N/N=C\c1ccc(O)c([N+](=O)[O-])c1)c1cc2c(s1)CCCCC2. The maximum atomic E-state index is 12.2. The molecule has 1 aromatic carbocycles. The molecule has 0 aliphatic heterocycles. The molecule has 25 heavy (non-hydrogen) atoms. The topological polar surface area (TPSA) is 105 Å². The maximum Gasteiger partial charge on any atom is 0.311 e. The number of nitro groups is 1. The lowest BCUT2D eigenvalue weighted by molar-refractivity contribution is -0.385. The van der Waals surface area contributed by atoms with Crippen molar-refractivity contribution in [3.05, 3.63) is 55.3 Å². The first kappa shape index (κ1) is 17.1. The van der Waals surface area contributed by atoms with Crippen LogP contribution in [0.5, 0.6) is 5.75 Å². The number of rotatable bonds is 4. The third-order valence-electron chi connectivity index (χ3n) is 4.05. The smallest absolute Gasteiger partial charge is 0.311 e. The molecule has 2 aromatic rings. The van der Waals surface area contributed by atoms with E-state index in [9.17, 15) is 20.0 Å². The molecule has 0 bridgehead atoms. The Morgan fingerprint density at radius 2 is 2.08 bits per heavy atom. The first-order valence-corrected chi connectivity index (χ1v) is 8.78. The summed E-state index contributed by atoms with van der Waals surface area (Å²) in [4.78, 5) is 24.2. The Morgan fingerprint density at radius 3 is 2.88 bits per heavy atom. The van der Waals surface area contributed by atoms with Crippen molar-refractivity contribution in [2.24, 2.45) is 5.10 Å². The van der Waals surface area contributed by atoms with E-state index in [4.69, 9.17) is 0 Å². The van der Waals surface area contributed by atoms with Gasteiger partial charge < -0.3 is 5.11 Å². The van der Waals surface area contributed by atoms with Crippen LogP contribution in [0.25, 0.3) is 0 Å². The van der Waals surface area contributed by atoms with Crippen molar-refractivity contribution in [1.82, 2.24) is 5.43 Å². The quantitative estimate of drug-likeness (QED) is 0.378. The van der Waals surface area contributed by atoms with Crippen LogP contribution in [0.15, 0.2) is 29.4 Å². The molecule has 0 fully saturated rings. The fourth-order valence-electron chi connectivity index (χ4n) is 2.77. The van der Waals surface area contributed by atoms with E-state index in [1.54, 1.807) is 0 Å². The van der Waals surface area contributed by atoms with E-state index in [2.05, 4.69) is 10.5 Å². The van der Waals surface area contributed by atoms with Gasteiger partial charge in [-0.05, 0) is 49.4 Å². The van der Waals surface area contributed by atoms with E-state index in [1.807, 2.05) is 6.07 Å². The second kappa shape index (κ2) is 7.43. The molecule has 130 valence electrons. The number of fused-ring (bicyclic) bond motifs is 1. The van der Waals surface area contributed by atoms with Crippen LogP contribution in [-0.2, 0) is 12.8 Å². The number of nitrogens with one attached hydrogen (secondary N) is 1. The number of benzene rings is 1. The van der Waals surface area contributed by atoms with Gasteiger partial charge in [0.2, 0.25) is 0 Å². The monoisotopic (exact) mass is 359 g/mol. The highest BCUT2D eigenvalue weighted by atomic mass is 32.1. The number of amides is 1. The molecule has 0 saturated carbocycles. The molecule has 7 nitrogen and oxygen atoms in total. The van der Waals surface area contributed by atoms with Gasteiger partial charge in [-0.3, -0.25) is 14.9 Å². The minimum Gasteiger partial charge on any atom is -0.502 e. The highest BCUT2D eigenvalue weighted by Gasteiger charge is 2.16. The Kier molecular flexibility index (Phi) is 5.08. The van der Waals surface area contributed by atoms with Crippen LogP contribution in [0.1, 0.15) is 44.9 Å². The van der Waals surface area contributed by atoms with Crippen molar-refractivity contribution in [2.75, 3.05) is 0 Å². The van der Waals surface area contributed by atoms with Crippen molar-refractivity contribution < 1.29 is 14.8 Å². The number of nitro benzene ring substituents is 1. The highest BCUT2D eigenvalue weighted by Crippen LogP contribution is 2.29. The Morgan fingerprint density at radius 1 is 1.28 bits per heavy atom. The maximum absolute atomic E-state index is 12.2. The van der Waals surface area contributed by atoms with Crippen molar-refractivity contribution in [3.63, 3.8) is 0 Å². The van der Waals surface area contributed by atoms with Crippen LogP contribution >= 0.6 is 11.3 Å². The average molecular weight is 359 g/mol. The molecular formula is C17H17N3O4S. The normalized spacial score (nSPS) is 14.1. The lowest BCUT2D eigenvalue weighted by Crippen LogP contribution is -2.16. The van der Waals surface area contributed by atoms with Crippen molar-refractivity contribution >= 4 is 29.1 Å². The molecule has 1 aromatic heterocycles. The average Bonchev–Trinajstić information content (AvgIpc) is 2.87. The molecule has 1 heterocycles. The van der Waals surface area contributed by atoms with Crippen LogP contribution in [-0.4, -0.2) is 22.2 Å². The van der Waals surface area contributed by atoms with Crippen LogP contribution in [0.2, 0.25) is 0 Å². The predicted octanol–water partition coefficient (Wildman–Crippen LogP) is 3.39. The van der Waals surface area contributed by atoms with Gasteiger partial charge in [0.05, 0.1) is 16.0 Å². The van der Waals surface area contributed by atoms with E-state index in [0.29, 0.717) is 10.4 Å². The molecule has 8 heteroatoms. The summed E-state index contributed by atoms with van der Waals surface area (Å²) in [5, 5.41) is 24.1. The number of aromatic hydroxyl groups is 1. The van der Waals surface area contributed by atoms with Crippen LogP contribution < -0.4 is 5.43 Å². The van der Waals surface area contributed by atoms with Crippen LogP contribution in [0.4, 0.5) is 5.69 Å². The fourth-order valence-corrected chi connectivity index (χ4v) is 3.91. The summed E-state index contributed by atoms with van der Waals surface area (Å²) in [7, 11) is 0. The van der Waals surface area contributed by atoms with Crippen molar-refractivity contribution in [3.8, 4) is 5.75 Å². The summed E-state index contributed by atoms with van der Waals surface area (Å²) < 4.78 is 0. The number of hydrogen-bond donors (Lipinski definition) is 2. The minimum atomic E-state index is -0.677. The molecule has 0 unspecified atom stereocenters. The van der Waals surface area contributed by atoms with Crippen LogP contribution in [0.3, 0.4) is 0 Å². The summed E-state index contributed by atoms with van der Waals surface area (Å²) in [6.45, 7) is 0. The Hall–Kier alpha value is -2.74. The molecule has 0 spiro atoms. The zero-order chi connectivity index (χ0) is 17.8. The van der Waals surface area contributed by atoms with Crippen molar-refractivity contribution in [1.29, 1.82) is 0 Å². The van der Waals surface area contributed by atoms with Gasteiger partial charge in [-0.15, -0.1) is 11.3 Å².